The normalized spacial score (nSPS) is 10.8. The van der Waals surface area contributed by atoms with Gasteiger partial charge in [0.1, 0.15) is 6.33 Å². The number of aromatic nitrogens is 6. The lowest BCUT2D eigenvalue weighted by atomic mass is 10.1. The molecule has 1 aromatic carbocycles. The lowest BCUT2D eigenvalue weighted by Crippen LogP contribution is -2.32. The van der Waals surface area contributed by atoms with Crippen molar-refractivity contribution < 1.29 is 18.8 Å². The van der Waals surface area contributed by atoms with Crippen LogP contribution in [0.3, 0.4) is 0 Å². The number of rotatable bonds is 8. The maximum absolute atomic E-state index is 13.1. The van der Waals surface area contributed by atoms with Crippen molar-refractivity contribution in [2.24, 2.45) is 0 Å². The second-order valence-corrected chi connectivity index (χ2v) is 7.81. The number of aryl methyl sites for hydroxylation is 1. The molecule has 0 fully saturated rings. The maximum Gasteiger partial charge on any atom is 0.287 e. The second-order valence-electron chi connectivity index (χ2n) is 7.81. The average molecular weight is 499 g/mol. The van der Waals surface area contributed by atoms with Crippen molar-refractivity contribution in [3.05, 3.63) is 78.8 Å². The van der Waals surface area contributed by atoms with Crippen LogP contribution < -0.4 is 16.0 Å². The van der Waals surface area contributed by atoms with E-state index in [2.05, 4.69) is 36.3 Å². The molecule has 0 bridgehead atoms. The molecule has 0 saturated heterocycles. The van der Waals surface area contributed by atoms with E-state index in [0.717, 1.165) is 0 Å². The van der Waals surface area contributed by atoms with E-state index < -0.39 is 17.7 Å². The fraction of sp³-hybridized carbons (Fsp3) is 0.125. The average Bonchev–Trinajstić information content (AvgIpc) is 3.68. The van der Waals surface area contributed by atoms with E-state index in [1.165, 1.54) is 23.5 Å². The summed E-state index contributed by atoms with van der Waals surface area (Å²) in [4.78, 5) is 42.9. The molecule has 0 aliphatic carbocycles. The van der Waals surface area contributed by atoms with Gasteiger partial charge in [0.15, 0.2) is 11.5 Å². The standard InChI is InChI=1S/C24H21N9O4/c1-2-33-30-22(29-31-33)16-6-3-4-7-17(16)28-24(36)21-18-10-9-15(13-32(18)14-26-21)27-20(34)12-25-23(35)19-8-5-11-37-19/h3-11,13-14H,2,12H2,1H3,(H,25,35)(H,27,34)(H,28,36). The van der Waals surface area contributed by atoms with E-state index in [9.17, 15) is 14.4 Å². The van der Waals surface area contributed by atoms with Crippen LogP contribution in [0, 0.1) is 0 Å². The van der Waals surface area contributed by atoms with Crippen molar-refractivity contribution in [3.63, 3.8) is 0 Å². The molecule has 0 atom stereocenters. The van der Waals surface area contributed by atoms with Crippen molar-refractivity contribution in [1.82, 2.24) is 34.9 Å². The number of hydrogen-bond donors (Lipinski definition) is 3. The summed E-state index contributed by atoms with van der Waals surface area (Å²) in [5.41, 5.74) is 2.34. The molecule has 0 unspecified atom stereocenters. The Hall–Kier alpha value is -5.33. The van der Waals surface area contributed by atoms with Gasteiger partial charge in [0.2, 0.25) is 11.7 Å². The Bertz CT molecular complexity index is 1590. The molecular formula is C24H21N9O4. The Labute approximate surface area is 209 Å². The van der Waals surface area contributed by atoms with E-state index in [-0.39, 0.29) is 18.0 Å². The summed E-state index contributed by atoms with van der Waals surface area (Å²) >= 11 is 0. The van der Waals surface area contributed by atoms with Crippen LogP contribution in [0.2, 0.25) is 0 Å². The third-order valence-electron chi connectivity index (χ3n) is 5.34. The molecule has 5 aromatic rings. The minimum Gasteiger partial charge on any atom is -0.459 e. The summed E-state index contributed by atoms with van der Waals surface area (Å²) in [6.07, 6.45) is 4.46. The summed E-state index contributed by atoms with van der Waals surface area (Å²) in [6.45, 7) is 2.24. The van der Waals surface area contributed by atoms with Crippen molar-refractivity contribution in [2.45, 2.75) is 13.5 Å². The summed E-state index contributed by atoms with van der Waals surface area (Å²) in [5.74, 6) is -0.830. The van der Waals surface area contributed by atoms with Gasteiger partial charge < -0.3 is 24.8 Å². The molecule has 4 aromatic heterocycles. The molecule has 37 heavy (non-hydrogen) atoms. The minimum atomic E-state index is -0.492. The number of anilines is 2. The lowest BCUT2D eigenvalue weighted by molar-refractivity contribution is -0.115. The Morgan fingerprint density at radius 3 is 2.65 bits per heavy atom. The Morgan fingerprint density at radius 1 is 1.00 bits per heavy atom. The Balaban J connectivity index is 1.27. The number of nitrogens with one attached hydrogen (secondary N) is 3. The van der Waals surface area contributed by atoms with Crippen LogP contribution in [0.25, 0.3) is 16.9 Å². The predicted octanol–water partition coefficient (Wildman–Crippen LogP) is 2.22. The number of nitrogens with zero attached hydrogens (tertiary/aromatic N) is 6. The first-order chi connectivity index (χ1) is 18.0. The topological polar surface area (TPSA) is 161 Å². The van der Waals surface area contributed by atoms with Gasteiger partial charge in [-0.05, 0) is 48.5 Å². The summed E-state index contributed by atoms with van der Waals surface area (Å²) in [5, 5.41) is 20.4. The first-order valence-electron chi connectivity index (χ1n) is 11.3. The highest BCUT2D eigenvalue weighted by atomic mass is 16.3. The van der Waals surface area contributed by atoms with Crippen LogP contribution in [-0.2, 0) is 11.3 Å². The molecule has 13 nitrogen and oxygen atoms in total. The molecule has 13 heteroatoms. The van der Waals surface area contributed by atoms with Gasteiger partial charge in [0.25, 0.3) is 11.8 Å². The largest absolute Gasteiger partial charge is 0.459 e. The number of fused-ring (bicyclic) bond motifs is 1. The SMILES string of the molecule is CCn1nnc(-c2ccccc2NC(=O)c2ncn3cc(NC(=O)CNC(=O)c4ccco4)ccc23)n1. The molecular weight excluding hydrogens is 478 g/mol. The highest BCUT2D eigenvalue weighted by Gasteiger charge is 2.18. The van der Waals surface area contributed by atoms with Gasteiger partial charge in [-0.15, -0.1) is 10.2 Å². The Morgan fingerprint density at radius 2 is 1.86 bits per heavy atom. The zero-order valence-electron chi connectivity index (χ0n) is 19.6. The van der Waals surface area contributed by atoms with Gasteiger partial charge >= 0.3 is 0 Å². The number of hydrogen-bond acceptors (Lipinski definition) is 8. The third kappa shape index (κ3) is 5.05. The number of carbonyl (C=O) groups is 3. The maximum atomic E-state index is 13.1. The first kappa shape index (κ1) is 23.4. The fourth-order valence-corrected chi connectivity index (χ4v) is 3.56. The van der Waals surface area contributed by atoms with E-state index in [1.54, 1.807) is 47.0 Å². The molecule has 0 spiro atoms. The fourth-order valence-electron chi connectivity index (χ4n) is 3.56. The molecule has 3 N–H and O–H groups in total. The number of furan rings is 1. The van der Waals surface area contributed by atoms with Gasteiger partial charge in [0, 0.05) is 11.8 Å². The number of amides is 3. The van der Waals surface area contributed by atoms with Crippen molar-refractivity contribution in [1.29, 1.82) is 0 Å². The monoisotopic (exact) mass is 499 g/mol. The molecule has 0 aliphatic rings. The quantitative estimate of drug-likeness (QED) is 0.293. The van der Waals surface area contributed by atoms with Gasteiger partial charge in [-0.3, -0.25) is 14.4 Å². The highest BCUT2D eigenvalue weighted by molar-refractivity contribution is 6.09. The number of imidazole rings is 1. The molecule has 186 valence electrons. The molecule has 0 saturated carbocycles. The van der Waals surface area contributed by atoms with E-state index in [4.69, 9.17) is 4.42 Å². The van der Waals surface area contributed by atoms with E-state index in [0.29, 0.717) is 34.8 Å². The van der Waals surface area contributed by atoms with Crippen LogP contribution in [-0.4, -0.2) is 53.9 Å². The van der Waals surface area contributed by atoms with Crippen molar-refractivity contribution in [3.8, 4) is 11.4 Å². The number of para-hydroxylation sites is 1. The van der Waals surface area contributed by atoms with E-state index >= 15 is 0 Å². The zero-order chi connectivity index (χ0) is 25.8. The zero-order valence-corrected chi connectivity index (χ0v) is 19.6. The van der Waals surface area contributed by atoms with Gasteiger partial charge in [-0.2, -0.15) is 4.80 Å². The van der Waals surface area contributed by atoms with Crippen LogP contribution in [0.5, 0.6) is 0 Å². The van der Waals surface area contributed by atoms with Crippen LogP contribution in [0.1, 0.15) is 28.0 Å². The lowest BCUT2D eigenvalue weighted by Gasteiger charge is -2.09. The molecule has 0 aliphatic heterocycles. The Kier molecular flexibility index (Phi) is 6.40. The summed E-state index contributed by atoms with van der Waals surface area (Å²) < 4.78 is 6.61. The number of tetrazole rings is 1. The van der Waals surface area contributed by atoms with Gasteiger partial charge in [0.05, 0.1) is 36.2 Å². The van der Waals surface area contributed by atoms with E-state index in [1.807, 2.05) is 13.0 Å². The summed E-state index contributed by atoms with van der Waals surface area (Å²) in [7, 11) is 0. The number of pyridine rings is 1. The molecule has 5 rings (SSSR count). The predicted molar refractivity (Wildman–Crippen MR) is 132 cm³/mol. The smallest absolute Gasteiger partial charge is 0.287 e. The highest BCUT2D eigenvalue weighted by Crippen LogP contribution is 2.25. The van der Waals surface area contributed by atoms with Gasteiger partial charge in [-0.1, -0.05) is 12.1 Å². The van der Waals surface area contributed by atoms with Crippen LogP contribution in [0.4, 0.5) is 11.4 Å². The molecule has 3 amide bonds. The second kappa shape index (κ2) is 10.1. The number of carbonyl (C=O) groups excluding carboxylic acids is 3. The molecule has 4 heterocycles. The number of benzene rings is 1. The minimum absolute atomic E-state index is 0.115. The third-order valence-corrected chi connectivity index (χ3v) is 5.34. The van der Waals surface area contributed by atoms with Crippen LogP contribution in [0.15, 0.2) is 71.7 Å². The first-order valence-corrected chi connectivity index (χ1v) is 11.3. The summed E-state index contributed by atoms with van der Waals surface area (Å²) in [6, 6.07) is 13.5. The molecule has 0 radical (unpaired) electrons. The van der Waals surface area contributed by atoms with Crippen molar-refractivity contribution in [2.75, 3.05) is 17.2 Å². The van der Waals surface area contributed by atoms with Crippen LogP contribution >= 0.6 is 0 Å². The van der Waals surface area contributed by atoms with Crippen molar-refractivity contribution >= 4 is 34.6 Å². The van der Waals surface area contributed by atoms with Gasteiger partial charge in [-0.25, -0.2) is 4.98 Å².